The van der Waals surface area contributed by atoms with Gasteiger partial charge in [-0.1, -0.05) is 22.9 Å². The van der Waals surface area contributed by atoms with Crippen molar-refractivity contribution in [3.8, 4) is 5.75 Å². The molecule has 3 rings (SSSR count). The summed E-state index contributed by atoms with van der Waals surface area (Å²) in [5, 5.41) is 22.0. The molecule has 0 radical (unpaired) electrons. The summed E-state index contributed by atoms with van der Waals surface area (Å²) in [6.07, 6.45) is 2.27. The molecule has 0 bridgehead atoms. The van der Waals surface area contributed by atoms with Crippen LogP contribution in [0.4, 0.5) is 5.13 Å². The van der Waals surface area contributed by atoms with Crippen LogP contribution in [0.2, 0.25) is 5.02 Å². The van der Waals surface area contributed by atoms with Gasteiger partial charge in [-0.05, 0) is 31.0 Å². The highest BCUT2D eigenvalue weighted by Gasteiger charge is 2.27. The fraction of sp³-hybridized carbons (Fsp3) is 0.250. The van der Waals surface area contributed by atoms with Crippen LogP contribution in [0.3, 0.4) is 0 Å². The van der Waals surface area contributed by atoms with Gasteiger partial charge in [0.15, 0.2) is 0 Å². The Morgan fingerprint density at radius 1 is 1.42 bits per heavy atom. The Kier molecular flexibility index (Phi) is 3.12. The molecule has 7 heteroatoms. The molecule has 1 amide bonds. The molecule has 1 aliphatic carbocycles. The lowest BCUT2D eigenvalue weighted by Gasteiger charge is -2.04. The zero-order valence-corrected chi connectivity index (χ0v) is 11.3. The predicted molar refractivity (Wildman–Crippen MR) is 73.0 cm³/mol. The molecule has 5 nitrogen and oxygen atoms in total. The topological polar surface area (TPSA) is 75.1 Å². The minimum atomic E-state index is -0.446. The summed E-state index contributed by atoms with van der Waals surface area (Å²) in [7, 11) is 0. The van der Waals surface area contributed by atoms with Crippen LogP contribution in [-0.4, -0.2) is 21.2 Å². The molecule has 2 N–H and O–H groups in total. The highest BCUT2D eigenvalue weighted by atomic mass is 35.5. The first-order chi connectivity index (χ1) is 9.13. The summed E-state index contributed by atoms with van der Waals surface area (Å²) < 4.78 is 0. The van der Waals surface area contributed by atoms with Crippen LogP contribution in [-0.2, 0) is 0 Å². The van der Waals surface area contributed by atoms with E-state index in [4.69, 9.17) is 11.6 Å². The number of aromatic nitrogens is 2. The fourth-order valence-electron chi connectivity index (χ4n) is 1.63. The minimum absolute atomic E-state index is 0.117. The molecule has 0 saturated heterocycles. The van der Waals surface area contributed by atoms with Crippen molar-refractivity contribution in [3.05, 3.63) is 33.8 Å². The summed E-state index contributed by atoms with van der Waals surface area (Å²) in [5.41, 5.74) is 0.121. The van der Waals surface area contributed by atoms with E-state index in [-0.39, 0.29) is 11.3 Å². The second-order valence-corrected chi connectivity index (χ2v) is 5.78. The maximum absolute atomic E-state index is 12.0. The van der Waals surface area contributed by atoms with Crippen molar-refractivity contribution < 1.29 is 9.90 Å². The monoisotopic (exact) mass is 295 g/mol. The molecule has 1 aliphatic rings. The van der Waals surface area contributed by atoms with E-state index in [9.17, 15) is 9.90 Å². The van der Waals surface area contributed by atoms with E-state index in [0.717, 1.165) is 17.8 Å². The quantitative estimate of drug-likeness (QED) is 0.912. The molecule has 19 heavy (non-hydrogen) atoms. The molecule has 2 aromatic rings. The minimum Gasteiger partial charge on any atom is -0.507 e. The summed E-state index contributed by atoms with van der Waals surface area (Å²) in [5.74, 6) is -0.0601. The number of nitrogens with zero attached hydrogens (tertiary/aromatic N) is 2. The lowest BCUT2D eigenvalue weighted by Crippen LogP contribution is -2.11. The SMILES string of the molecule is O=C(Nc1nnc(C2CC2)s1)c1cc(Cl)ccc1O. The first-order valence-corrected chi connectivity index (χ1v) is 6.96. The summed E-state index contributed by atoms with van der Waals surface area (Å²) in [6.45, 7) is 0. The number of anilines is 1. The maximum Gasteiger partial charge on any atom is 0.261 e. The van der Waals surface area contributed by atoms with Crippen molar-refractivity contribution >= 4 is 34.0 Å². The van der Waals surface area contributed by atoms with Crippen molar-refractivity contribution in [2.75, 3.05) is 5.32 Å². The maximum atomic E-state index is 12.0. The summed E-state index contributed by atoms with van der Waals surface area (Å²) in [6, 6.07) is 4.31. The molecule has 98 valence electrons. The number of carbonyl (C=O) groups is 1. The van der Waals surface area contributed by atoms with E-state index >= 15 is 0 Å². The molecule has 1 aromatic heterocycles. The van der Waals surface area contributed by atoms with Gasteiger partial charge in [0.1, 0.15) is 10.8 Å². The van der Waals surface area contributed by atoms with Crippen LogP contribution in [0.25, 0.3) is 0 Å². The Morgan fingerprint density at radius 3 is 2.95 bits per heavy atom. The Hall–Kier alpha value is -1.66. The highest BCUT2D eigenvalue weighted by molar-refractivity contribution is 7.15. The second kappa shape index (κ2) is 4.79. The highest BCUT2D eigenvalue weighted by Crippen LogP contribution is 2.42. The number of aromatic hydroxyl groups is 1. The number of hydrogen-bond acceptors (Lipinski definition) is 5. The molecule has 0 aliphatic heterocycles. The third kappa shape index (κ3) is 2.69. The van der Waals surface area contributed by atoms with Crippen molar-refractivity contribution in [2.24, 2.45) is 0 Å². The van der Waals surface area contributed by atoms with Gasteiger partial charge >= 0.3 is 0 Å². The van der Waals surface area contributed by atoms with E-state index < -0.39 is 5.91 Å². The van der Waals surface area contributed by atoms with Crippen LogP contribution in [0.15, 0.2) is 18.2 Å². The number of halogens is 1. The number of phenolic OH excluding ortho intramolecular Hbond substituents is 1. The first kappa shape index (κ1) is 12.4. The van der Waals surface area contributed by atoms with E-state index in [1.165, 1.54) is 29.5 Å². The Morgan fingerprint density at radius 2 is 2.21 bits per heavy atom. The molecule has 0 unspecified atom stereocenters. The van der Waals surface area contributed by atoms with E-state index in [1.807, 2.05) is 0 Å². The van der Waals surface area contributed by atoms with Gasteiger partial charge < -0.3 is 5.11 Å². The van der Waals surface area contributed by atoms with Gasteiger partial charge in [0.25, 0.3) is 5.91 Å². The Bertz CT molecular complexity index is 640. The van der Waals surface area contributed by atoms with Gasteiger partial charge in [-0.3, -0.25) is 10.1 Å². The molecule has 0 spiro atoms. The van der Waals surface area contributed by atoms with Gasteiger partial charge in [-0.2, -0.15) is 0 Å². The van der Waals surface area contributed by atoms with E-state index in [0.29, 0.717) is 16.1 Å². The number of benzene rings is 1. The number of hydrogen-bond donors (Lipinski definition) is 2. The van der Waals surface area contributed by atoms with Gasteiger partial charge in [-0.25, -0.2) is 0 Å². The van der Waals surface area contributed by atoms with E-state index in [2.05, 4.69) is 15.5 Å². The average Bonchev–Trinajstić information content (AvgIpc) is 3.13. The normalized spacial score (nSPS) is 14.4. The van der Waals surface area contributed by atoms with Gasteiger partial charge in [0.05, 0.1) is 5.56 Å². The Balaban J connectivity index is 1.77. The van der Waals surface area contributed by atoms with Crippen molar-refractivity contribution in [1.29, 1.82) is 0 Å². The van der Waals surface area contributed by atoms with Crippen LogP contribution in [0, 0.1) is 0 Å². The van der Waals surface area contributed by atoms with Crippen LogP contribution < -0.4 is 5.32 Å². The molecule has 1 fully saturated rings. The third-order valence-electron chi connectivity index (χ3n) is 2.79. The average molecular weight is 296 g/mol. The van der Waals surface area contributed by atoms with Crippen molar-refractivity contribution in [1.82, 2.24) is 10.2 Å². The predicted octanol–water partition coefficient (Wildman–Crippen LogP) is 3.03. The zero-order valence-electron chi connectivity index (χ0n) is 9.76. The molecular weight excluding hydrogens is 286 g/mol. The van der Waals surface area contributed by atoms with Crippen LogP contribution in [0.5, 0.6) is 5.75 Å². The number of carbonyl (C=O) groups excluding carboxylic acids is 1. The fourth-order valence-corrected chi connectivity index (χ4v) is 2.71. The van der Waals surface area contributed by atoms with Gasteiger partial charge in [0.2, 0.25) is 5.13 Å². The second-order valence-electron chi connectivity index (χ2n) is 4.34. The van der Waals surface area contributed by atoms with Crippen LogP contribution >= 0.6 is 22.9 Å². The number of rotatable bonds is 3. The number of nitrogens with one attached hydrogen (secondary N) is 1. The number of phenols is 1. The largest absolute Gasteiger partial charge is 0.507 e. The molecule has 1 heterocycles. The summed E-state index contributed by atoms with van der Waals surface area (Å²) >= 11 is 7.17. The summed E-state index contributed by atoms with van der Waals surface area (Å²) in [4.78, 5) is 12.0. The molecular formula is C12H10ClN3O2S. The smallest absolute Gasteiger partial charge is 0.261 e. The van der Waals surface area contributed by atoms with Crippen molar-refractivity contribution in [2.45, 2.75) is 18.8 Å². The van der Waals surface area contributed by atoms with Gasteiger partial charge in [-0.15, -0.1) is 10.2 Å². The zero-order chi connectivity index (χ0) is 13.4. The molecule has 0 atom stereocenters. The third-order valence-corrected chi connectivity index (χ3v) is 4.03. The van der Waals surface area contributed by atoms with Crippen molar-refractivity contribution in [3.63, 3.8) is 0 Å². The van der Waals surface area contributed by atoms with E-state index in [1.54, 1.807) is 0 Å². The first-order valence-electron chi connectivity index (χ1n) is 5.77. The lowest BCUT2D eigenvalue weighted by molar-refractivity contribution is 0.102. The lowest BCUT2D eigenvalue weighted by atomic mass is 10.2. The standard InChI is InChI=1S/C12H10ClN3O2S/c13-7-3-4-9(17)8(5-7)10(18)14-12-16-15-11(19-12)6-1-2-6/h3-6,17H,1-2H2,(H,14,16,18). The number of amides is 1. The van der Waals surface area contributed by atoms with Gasteiger partial charge in [0, 0.05) is 10.9 Å². The van der Waals surface area contributed by atoms with Crippen LogP contribution in [0.1, 0.15) is 34.1 Å². The molecule has 1 aromatic carbocycles. The molecule has 1 saturated carbocycles. The Labute approximate surface area is 118 Å².